The molecule has 0 spiro atoms. The van der Waals surface area contributed by atoms with E-state index in [-0.39, 0.29) is 5.91 Å². The van der Waals surface area contributed by atoms with Crippen LogP contribution in [0.5, 0.6) is 5.75 Å². The third-order valence-corrected chi connectivity index (χ3v) is 5.84. The van der Waals surface area contributed by atoms with Crippen molar-refractivity contribution in [1.82, 2.24) is 14.7 Å². The summed E-state index contributed by atoms with van der Waals surface area (Å²) in [4.78, 5) is 15.1. The van der Waals surface area contributed by atoms with Gasteiger partial charge in [0, 0.05) is 18.3 Å². The third-order valence-electron chi connectivity index (χ3n) is 5.43. The lowest BCUT2D eigenvalue weighted by Gasteiger charge is -2.39. The summed E-state index contributed by atoms with van der Waals surface area (Å²) in [5.74, 6) is 1.04. The molecule has 1 amide bonds. The van der Waals surface area contributed by atoms with Crippen LogP contribution in [0.1, 0.15) is 37.3 Å². The fraction of sp³-hybridized carbons (Fsp3) is 0.474. The van der Waals surface area contributed by atoms with Gasteiger partial charge >= 0.3 is 0 Å². The van der Waals surface area contributed by atoms with Gasteiger partial charge in [-0.25, -0.2) is 0 Å². The lowest BCUT2D eigenvalue weighted by Crippen LogP contribution is -2.47. The Morgan fingerprint density at radius 3 is 2.68 bits per heavy atom. The van der Waals surface area contributed by atoms with Gasteiger partial charge in [-0.05, 0) is 59.3 Å². The maximum absolute atomic E-state index is 12.9. The summed E-state index contributed by atoms with van der Waals surface area (Å²) < 4.78 is 8.33. The smallest absolute Gasteiger partial charge is 0.227 e. The second-order valence-electron chi connectivity index (χ2n) is 6.98. The molecule has 2 aliphatic rings. The van der Waals surface area contributed by atoms with Gasteiger partial charge in [0.15, 0.2) is 0 Å². The van der Waals surface area contributed by atoms with Crippen LogP contribution >= 0.6 is 15.9 Å². The Hall–Kier alpha value is -1.82. The van der Waals surface area contributed by atoms with Crippen molar-refractivity contribution >= 4 is 21.8 Å². The second kappa shape index (κ2) is 6.83. The number of fused-ring (bicyclic) bond motifs is 2. The van der Waals surface area contributed by atoms with Crippen LogP contribution in [-0.2, 0) is 11.2 Å². The summed E-state index contributed by atoms with van der Waals surface area (Å²) in [5.41, 5.74) is 1.02. The molecule has 0 N–H and O–H groups in total. The van der Waals surface area contributed by atoms with Crippen LogP contribution in [0.25, 0.3) is 0 Å². The monoisotopic (exact) mass is 403 g/mol. The van der Waals surface area contributed by atoms with E-state index in [2.05, 4.69) is 30.6 Å². The predicted molar refractivity (Wildman–Crippen MR) is 98.6 cm³/mol. The molecule has 2 unspecified atom stereocenters. The third kappa shape index (κ3) is 3.32. The first-order chi connectivity index (χ1) is 12.1. The average molecular weight is 404 g/mol. The zero-order valence-electron chi connectivity index (χ0n) is 14.3. The lowest BCUT2D eigenvalue weighted by molar-refractivity contribution is -0.135. The van der Waals surface area contributed by atoms with E-state index in [1.165, 1.54) is 0 Å². The summed E-state index contributed by atoms with van der Waals surface area (Å²) in [7, 11) is 1.65. The Bertz CT molecular complexity index is 762. The fourth-order valence-corrected chi connectivity index (χ4v) is 4.64. The van der Waals surface area contributed by atoms with Crippen molar-refractivity contribution in [3.05, 3.63) is 46.7 Å². The number of aromatic nitrogens is 2. The van der Waals surface area contributed by atoms with Crippen molar-refractivity contribution in [3.63, 3.8) is 0 Å². The first-order valence-corrected chi connectivity index (χ1v) is 9.57. The summed E-state index contributed by atoms with van der Waals surface area (Å²) in [6, 6.07) is 8.87. The van der Waals surface area contributed by atoms with Crippen LogP contribution in [0.4, 0.5) is 0 Å². The number of carbonyl (C=O) groups is 1. The number of hydrogen-bond donors (Lipinski definition) is 0. The van der Waals surface area contributed by atoms with Crippen LogP contribution in [0.2, 0.25) is 0 Å². The van der Waals surface area contributed by atoms with E-state index in [0.29, 0.717) is 24.5 Å². The van der Waals surface area contributed by atoms with Gasteiger partial charge in [-0.3, -0.25) is 9.48 Å². The molecular formula is C19H22BrN3O2. The Balaban J connectivity index is 1.46. The largest absolute Gasteiger partial charge is 0.497 e. The van der Waals surface area contributed by atoms with Crippen molar-refractivity contribution in [1.29, 1.82) is 0 Å². The molecule has 2 saturated heterocycles. The molecule has 2 aliphatic heterocycles. The molecule has 5 nitrogen and oxygen atoms in total. The molecule has 2 bridgehead atoms. The van der Waals surface area contributed by atoms with Gasteiger partial charge in [0.2, 0.25) is 5.91 Å². The Labute approximate surface area is 156 Å². The number of methoxy groups -OCH3 is 1. The van der Waals surface area contributed by atoms with Crippen molar-refractivity contribution in [2.75, 3.05) is 7.11 Å². The van der Waals surface area contributed by atoms with Gasteiger partial charge in [0.1, 0.15) is 5.75 Å². The number of carbonyl (C=O) groups excluding carboxylic acids is 1. The highest BCUT2D eigenvalue weighted by molar-refractivity contribution is 9.10. The number of benzene rings is 1. The minimum Gasteiger partial charge on any atom is -0.497 e. The molecule has 0 aliphatic carbocycles. The molecule has 25 heavy (non-hydrogen) atoms. The van der Waals surface area contributed by atoms with E-state index in [1.54, 1.807) is 7.11 Å². The summed E-state index contributed by atoms with van der Waals surface area (Å²) in [6.45, 7) is 0. The van der Waals surface area contributed by atoms with E-state index in [0.717, 1.165) is 41.5 Å². The Morgan fingerprint density at radius 2 is 2.04 bits per heavy atom. The molecule has 0 radical (unpaired) electrons. The number of halogens is 1. The highest BCUT2D eigenvalue weighted by atomic mass is 79.9. The number of rotatable bonds is 4. The van der Waals surface area contributed by atoms with Crippen LogP contribution in [0, 0.1) is 0 Å². The molecule has 1 aromatic heterocycles. The van der Waals surface area contributed by atoms with Crippen LogP contribution in [0.3, 0.4) is 0 Å². The predicted octanol–water partition coefficient (Wildman–Crippen LogP) is 3.59. The summed E-state index contributed by atoms with van der Waals surface area (Å²) >= 11 is 3.47. The molecule has 1 aromatic carbocycles. The number of ether oxygens (including phenoxy) is 1. The second-order valence-corrected chi connectivity index (χ2v) is 7.89. The minimum absolute atomic E-state index is 0.237. The van der Waals surface area contributed by atoms with Gasteiger partial charge in [-0.15, -0.1) is 0 Å². The number of amides is 1. The SMILES string of the molecule is COc1cccc(CC(=O)N2C3CCC2CC(n2cc(Br)cn2)C3)c1. The van der Waals surface area contributed by atoms with Gasteiger partial charge in [-0.1, -0.05) is 12.1 Å². The van der Waals surface area contributed by atoms with Crippen LogP contribution in [-0.4, -0.2) is 39.8 Å². The molecular weight excluding hydrogens is 382 g/mol. The zero-order chi connectivity index (χ0) is 17.4. The maximum Gasteiger partial charge on any atom is 0.227 e. The molecule has 0 saturated carbocycles. The quantitative estimate of drug-likeness (QED) is 0.783. The van der Waals surface area contributed by atoms with Crippen molar-refractivity contribution in [3.8, 4) is 5.75 Å². The minimum atomic E-state index is 0.237. The van der Waals surface area contributed by atoms with Gasteiger partial charge < -0.3 is 9.64 Å². The topological polar surface area (TPSA) is 47.4 Å². The number of hydrogen-bond acceptors (Lipinski definition) is 3. The van der Waals surface area contributed by atoms with Gasteiger partial charge in [0.05, 0.1) is 30.2 Å². The molecule has 132 valence electrons. The van der Waals surface area contributed by atoms with E-state index in [9.17, 15) is 4.79 Å². The number of nitrogens with zero attached hydrogens (tertiary/aromatic N) is 3. The molecule has 2 aromatic rings. The zero-order valence-corrected chi connectivity index (χ0v) is 15.9. The van der Waals surface area contributed by atoms with Crippen molar-refractivity contribution in [2.24, 2.45) is 0 Å². The van der Waals surface area contributed by atoms with Gasteiger partial charge in [0.25, 0.3) is 0 Å². The molecule has 6 heteroatoms. The average Bonchev–Trinajstić information content (AvgIpc) is 3.16. The highest BCUT2D eigenvalue weighted by Crippen LogP contribution is 2.41. The summed E-state index contributed by atoms with van der Waals surface area (Å²) in [6.07, 6.45) is 8.52. The van der Waals surface area contributed by atoms with E-state index >= 15 is 0 Å². The standard InChI is InChI=1S/C19H22BrN3O2/c1-25-18-4-2-3-13(7-18)8-19(24)23-15-5-6-16(23)10-17(9-15)22-12-14(20)11-21-22/h2-4,7,11-12,15-17H,5-6,8-10H2,1H3. The van der Waals surface area contributed by atoms with Crippen LogP contribution < -0.4 is 4.74 Å². The first-order valence-electron chi connectivity index (χ1n) is 8.78. The van der Waals surface area contributed by atoms with E-state index < -0.39 is 0 Å². The van der Waals surface area contributed by atoms with Crippen molar-refractivity contribution < 1.29 is 9.53 Å². The van der Waals surface area contributed by atoms with Crippen LogP contribution in [0.15, 0.2) is 41.1 Å². The molecule has 4 rings (SSSR count). The lowest BCUT2D eigenvalue weighted by atomic mass is 9.96. The Morgan fingerprint density at radius 1 is 1.28 bits per heavy atom. The Kier molecular flexibility index (Phi) is 4.54. The normalized spacial score (nSPS) is 25.2. The first kappa shape index (κ1) is 16.6. The summed E-state index contributed by atoms with van der Waals surface area (Å²) in [5, 5.41) is 4.45. The molecule has 2 atom stereocenters. The van der Waals surface area contributed by atoms with E-state index in [1.807, 2.05) is 36.7 Å². The van der Waals surface area contributed by atoms with Gasteiger partial charge in [-0.2, -0.15) is 5.10 Å². The fourth-order valence-electron chi connectivity index (χ4n) is 4.33. The van der Waals surface area contributed by atoms with E-state index in [4.69, 9.17) is 4.74 Å². The molecule has 3 heterocycles. The maximum atomic E-state index is 12.9. The molecule has 2 fully saturated rings. The van der Waals surface area contributed by atoms with Crippen molar-refractivity contribution in [2.45, 2.75) is 50.2 Å². The number of piperidine rings is 1. The highest BCUT2D eigenvalue weighted by Gasteiger charge is 2.43.